The van der Waals surface area contributed by atoms with Crippen LogP contribution >= 0.6 is 0 Å². The maximum Gasteiger partial charge on any atom is 1.00 e. The smallest absolute Gasteiger partial charge is 1.00 e. The predicted octanol–water partition coefficient (Wildman–Crippen LogP) is -29.3. The molecule has 258 valence electrons. The zero-order chi connectivity index (χ0) is 29.7. The fraction of sp³-hybridized carbons (Fsp3) is 0. The Morgan fingerprint density at radius 3 is 0.222 bits per heavy atom. The third kappa shape index (κ3) is 50.7. The Hall–Kier alpha value is 6.71. The van der Waals surface area contributed by atoms with Crippen LogP contribution < -0.4 is 88.7 Å². The number of rotatable bonds is 0. The summed E-state index contributed by atoms with van der Waals surface area (Å²) in [5, 5.41) is 0. The maximum atomic E-state index is 5.28. The third-order valence-electron chi connectivity index (χ3n) is 3.50. The number of hydrogen-bond acceptors (Lipinski definition) is 21. The zero-order valence-corrected chi connectivity index (χ0v) is 62.1. The van der Waals surface area contributed by atoms with Crippen LogP contribution in [0.25, 0.3) is 0 Å². The van der Waals surface area contributed by atoms with Crippen LogP contribution in [0.15, 0.2) is 0 Å². The molecule has 0 aromatic carbocycles. The third-order valence-corrected chi connectivity index (χ3v) is 31.5. The van der Waals surface area contributed by atoms with Crippen LogP contribution in [0.5, 0.6) is 0 Å². The maximum absolute atomic E-state index is 5.28. The Labute approximate surface area is 384 Å². The summed E-state index contributed by atoms with van der Waals surface area (Å²) < 4.78 is 111. The van der Waals surface area contributed by atoms with Gasteiger partial charge in [0.2, 0.25) is 0 Å². The predicted molar refractivity (Wildman–Crippen MR) is 206 cm³/mol. The van der Waals surface area contributed by atoms with E-state index in [2.05, 4.69) is 0 Å². The van der Waals surface area contributed by atoms with E-state index in [0.29, 0.717) is 0 Å². The van der Waals surface area contributed by atoms with Gasteiger partial charge in [-0.3, -0.25) is 0 Å². The molecular weight excluding hydrogens is 995 g/mol. The van der Waals surface area contributed by atoms with Crippen LogP contribution in [0.1, 0.15) is 4.28 Å². The van der Waals surface area contributed by atoms with Crippen LogP contribution in [-0.4, -0.2) is 210 Å². The Balaban J connectivity index is -0.000000130. The molecule has 0 aromatic rings. The summed E-state index contributed by atoms with van der Waals surface area (Å²) in [6.45, 7) is 0. The van der Waals surface area contributed by atoms with Crippen LogP contribution in [0.4, 0.5) is 0 Å². The van der Waals surface area contributed by atoms with E-state index < -0.39 is 210 Å². The Kier molecular flexibility index (Phi) is 65.8. The molecule has 0 saturated carbocycles. The van der Waals surface area contributed by atoms with Crippen molar-refractivity contribution in [3.63, 3.8) is 0 Å². The molecule has 3 heterocycles. The van der Waals surface area contributed by atoms with Crippen molar-refractivity contribution < 1.29 is 179 Å². The molecule has 0 bridgehead atoms. The van der Waals surface area contributed by atoms with Gasteiger partial charge >= 0.3 is 88.7 Å². The van der Waals surface area contributed by atoms with E-state index in [1.54, 1.807) is 0 Å². The minimum absolute atomic E-state index is 0. The van der Waals surface area contributed by atoms with Gasteiger partial charge in [0, 0.05) is 0 Å². The molecule has 3 rings (SSSR count). The van der Waals surface area contributed by atoms with Crippen molar-refractivity contribution in [2.75, 3.05) is 0 Å². The molecule has 45 heavy (non-hydrogen) atoms. The summed E-state index contributed by atoms with van der Waals surface area (Å²) >= 11 is 0. The molecule has 0 unspecified atom stereocenters. The van der Waals surface area contributed by atoms with Gasteiger partial charge in [0.05, 0.1) is 0 Å². The first-order valence-corrected chi connectivity index (χ1v) is 36.4. The Bertz CT molecular complexity index is 301. The molecule has 0 aliphatic carbocycles. The van der Waals surface area contributed by atoms with Crippen molar-refractivity contribution >= 4 is 210 Å². The van der Waals surface area contributed by atoms with Gasteiger partial charge in [-0.15, -0.1) is 0 Å². The second kappa shape index (κ2) is 52.8. The monoisotopic (exact) mass is 1040 g/mol. The SMILES string of the molecule is O1[SiH2]O[SiH2]O[SiH2]O[SiH2]O[SiH2]O[SiH2]O[SiH2]1.O1[SiH2]O[SiH2]O[SiH2]O[SiH2]O[SiH2]O[SiH2]O[SiH2]1.O1[SiH2]O[SiH2]O[SiH2]O[SiH2]O[SiH2]O[SiH2]O[SiH2]1.[H-].[H-].[H-].[Na+].[Na+].[Na+]. The molecule has 3 fully saturated rings. The van der Waals surface area contributed by atoms with Gasteiger partial charge in [-0.1, -0.05) is 0 Å². The van der Waals surface area contributed by atoms with Crippen molar-refractivity contribution in [1.82, 2.24) is 0 Å². The second-order valence-corrected chi connectivity index (χ2v) is 46.0. The van der Waals surface area contributed by atoms with E-state index >= 15 is 0 Å². The second-order valence-electron chi connectivity index (χ2n) is 6.76. The molecule has 3 saturated heterocycles. The van der Waals surface area contributed by atoms with Crippen molar-refractivity contribution in [3.05, 3.63) is 0 Å². The van der Waals surface area contributed by atoms with Gasteiger partial charge in [0.1, 0.15) is 0 Å². The van der Waals surface area contributed by atoms with Gasteiger partial charge in [0.15, 0.2) is 0 Å². The molecule has 21 nitrogen and oxygen atoms in total. The fourth-order valence-electron chi connectivity index (χ4n) is 1.95. The minimum Gasteiger partial charge on any atom is -1.00 e. The summed E-state index contributed by atoms with van der Waals surface area (Å²) in [4.78, 5) is 0. The molecule has 0 amide bonds. The molecule has 0 radical (unpaired) electrons. The minimum atomic E-state index is -0.835. The van der Waals surface area contributed by atoms with Gasteiger partial charge in [-0.05, 0) is 0 Å². The average Bonchev–Trinajstić information content (AvgIpc) is 3.01. The molecule has 0 aromatic heterocycles. The molecule has 3 aliphatic heterocycles. The van der Waals surface area contributed by atoms with Crippen LogP contribution in [0.2, 0.25) is 0 Å². The topological polar surface area (TPSA) is 194 Å². The zero-order valence-electron chi connectivity index (χ0n) is 29.4. The Morgan fingerprint density at radius 2 is 0.178 bits per heavy atom. The molecule has 3 aliphatic rings. The van der Waals surface area contributed by atoms with Gasteiger partial charge < -0.3 is 90.7 Å². The van der Waals surface area contributed by atoms with E-state index in [9.17, 15) is 0 Å². The van der Waals surface area contributed by atoms with Gasteiger partial charge in [-0.25, -0.2) is 0 Å². The van der Waals surface area contributed by atoms with E-state index in [-0.39, 0.29) is 93.0 Å². The normalized spacial score (nSPS) is 33.6. The summed E-state index contributed by atoms with van der Waals surface area (Å²) in [5.41, 5.74) is 0. The molecule has 0 N–H and O–H groups in total. The van der Waals surface area contributed by atoms with Crippen molar-refractivity contribution in [3.8, 4) is 0 Å². The first kappa shape index (κ1) is 56.0. The summed E-state index contributed by atoms with van der Waals surface area (Å²) in [6, 6.07) is 0. The van der Waals surface area contributed by atoms with Crippen molar-refractivity contribution in [2.45, 2.75) is 0 Å². The number of hydrogen-bond donors (Lipinski definition) is 0. The largest absolute Gasteiger partial charge is 1.00 e. The molecule has 0 spiro atoms. The van der Waals surface area contributed by atoms with Crippen LogP contribution in [0, 0.1) is 0 Å². The van der Waals surface area contributed by atoms with Gasteiger partial charge in [0.25, 0.3) is 210 Å². The summed E-state index contributed by atoms with van der Waals surface area (Å²) in [5.74, 6) is 0. The van der Waals surface area contributed by atoms with Crippen LogP contribution in [-0.2, 0) is 86.4 Å². The first-order valence-electron chi connectivity index (χ1n) is 12.1. The first-order chi connectivity index (χ1) is 21.0. The fourth-order valence-corrected chi connectivity index (χ4v) is 39.8. The average molecular weight is 1040 g/mol. The van der Waals surface area contributed by atoms with Gasteiger partial charge in [-0.2, -0.15) is 0 Å². The molecule has 45 heteroatoms. The van der Waals surface area contributed by atoms with E-state index in [4.69, 9.17) is 86.4 Å². The standard InChI is InChI=1S/3Na.3H14O7Si7.3H/c;;;3*1-8-2-10-4-12-6-14-7-13-5-11-3-9-1;;;/h;;;3*8-14H2;;;/q3*+1;;;;3*-1. The molecule has 0 atom stereocenters. The van der Waals surface area contributed by atoms with E-state index in [1.165, 1.54) is 0 Å². The quantitative estimate of drug-likeness (QED) is 0.208. The molecular formula is H45Na3O21Si21. The summed E-state index contributed by atoms with van der Waals surface area (Å²) in [6.07, 6.45) is 0. The van der Waals surface area contributed by atoms with Crippen LogP contribution in [0.3, 0.4) is 0 Å². The summed E-state index contributed by atoms with van der Waals surface area (Å²) in [7, 11) is -17.5. The van der Waals surface area contributed by atoms with E-state index in [1.807, 2.05) is 0 Å². The van der Waals surface area contributed by atoms with E-state index in [0.717, 1.165) is 0 Å². The van der Waals surface area contributed by atoms with Crippen molar-refractivity contribution in [1.29, 1.82) is 0 Å². The van der Waals surface area contributed by atoms with Crippen molar-refractivity contribution in [2.24, 2.45) is 0 Å². The Morgan fingerprint density at radius 1 is 0.133 bits per heavy atom.